The van der Waals surface area contributed by atoms with E-state index in [-0.39, 0.29) is 10.9 Å². The first kappa shape index (κ1) is 21.0. The molecule has 0 bridgehead atoms. The monoisotopic (exact) mass is 459 g/mol. The molecule has 0 fully saturated rings. The van der Waals surface area contributed by atoms with Gasteiger partial charge in [-0.1, -0.05) is 41.0 Å². The summed E-state index contributed by atoms with van der Waals surface area (Å²) in [6.45, 7) is 1.19. The standard InChI is InChI=1S/C19H17ClN6O4S/c1-11(18(27)28)23-31(29,30)15-8-4-12(5-9-15)16-10-17(13-2-6-14(20)7-3-13)26-19(21-16)22-24-25-26/h2-11,17,23H,1H3,(H,27,28)(H,21,22,25)/p-1/t11-,17+/m0/s1. The van der Waals surface area contributed by atoms with Gasteiger partial charge >= 0.3 is 0 Å². The van der Waals surface area contributed by atoms with Gasteiger partial charge in [-0.3, -0.25) is 0 Å². The Morgan fingerprint density at radius 2 is 1.87 bits per heavy atom. The summed E-state index contributed by atoms with van der Waals surface area (Å²) in [6.07, 6.45) is 1.91. The topological polar surface area (TPSA) is 142 Å². The maximum Gasteiger partial charge on any atom is 0.248 e. The van der Waals surface area contributed by atoms with Crippen molar-refractivity contribution in [3.8, 4) is 0 Å². The number of benzene rings is 2. The van der Waals surface area contributed by atoms with Crippen LogP contribution in [-0.4, -0.2) is 40.6 Å². The number of carboxylic acid groups (broad SMARTS) is 1. The van der Waals surface area contributed by atoms with Gasteiger partial charge in [0.05, 0.1) is 16.9 Å². The van der Waals surface area contributed by atoms with Gasteiger partial charge in [0.25, 0.3) is 0 Å². The highest BCUT2D eigenvalue weighted by Crippen LogP contribution is 2.32. The number of aromatic nitrogens is 4. The smallest absolute Gasteiger partial charge is 0.248 e. The second-order valence-corrected chi connectivity index (χ2v) is 8.99. The minimum absolute atomic E-state index is 0.0696. The molecule has 160 valence electrons. The molecule has 0 aliphatic carbocycles. The molecule has 2 heterocycles. The van der Waals surface area contributed by atoms with Gasteiger partial charge in [-0.05, 0) is 58.8 Å². The quantitative estimate of drug-likeness (QED) is 0.551. The van der Waals surface area contributed by atoms with E-state index in [1.54, 1.807) is 28.9 Å². The molecule has 0 amide bonds. The van der Waals surface area contributed by atoms with Crippen LogP contribution >= 0.6 is 11.6 Å². The number of hydrogen-bond acceptors (Lipinski definition) is 8. The van der Waals surface area contributed by atoms with Crippen LogP contribution in [0.3, 0.4) is 0 Å². The number of nitrogens with zero attached hydrogens (tertiary/aromatic N) is 4. The van der Waals surface area contributed by atoms with E-state index in [1.165, 1.54) is 19.1 Å². The number of sulfonamides is 1. The van der Waals surface area contributed by atoms with E-state index in [1.807, 2.05) is 18.2 Å². The highest BCUT2D eigenvalue weighted by molar-refractivity contribution is 7.89. The number of carbonyl (C=O) groups is 1. The van der Waals surface area contributed by atoms with E-state index < -0.39 is 22.0 Å². The molecule has 0 spiro atoms. The molecular weight excluding hydrogens is 444 g/mol. The maximum atomic E-state index is 12.4. The summed E-state index contributed by atoms with van der Waals surface area (Å²) >= 11 is 5.99. The molecule has 0 saturated heterocycles. The van der Waals surface area contributed by atoms with Crippen LogP contribution < -0.4 is 15.1 Å². The number of carbonyl (C=O) groups excluding carboxylic acids is 1. The first-order chi connectivity index (χ1) is 14.7. The number of allylic oxidation sites excluding steroid dienone is 1. The fourth-order valence-corrected chi connectivity index (χ4v) is 4.40. The number of fused-ring (bicyclic) bond motifs is 1. The van der Waals surface area contributed by atoms with Gasteiger partial charge < -0.3 is 15.2 Å². The number of rotatable bonds is 6. The molecule has 1 aliphatic heterocycles. The Morgan fingerprint density at radius 3 is 2.52 bits per heavy atom. The summed E-state index contributed by atoms with van der Waals surface area (Å²) in [5.74, 6) is -1.08. The second kappa shape index (κ2) is 8.10. The van der Waals surface area contributed by atoms with Gasteiger partial charge in [0.15, 0.2) is 0 Å². The molecule has 3 aromatic rings. The number of halogens is 1. The molecule has 0 radical (unpaired) electrons. The summed E-state index contributed by atoms with van der Waals surface area (Å²) in [5, 5.41) is 26.3. The summed E-state index contributed by atoms with van der Waals surface area (Å²) in [7, 11) is -4.01. The highest BCUT2D eigenvalue weighted by Gasteiger charge is 2.25. The van der Waals surface area contributed by atoms with Crippen molar-refractivity contribution >= 4 is 39.2 Å². The molecular formula is C19H16ClN6O4S-. The molecule has 1 aliphatic rings. The van der Waals surface area contributed by atoms with Crippen molar-refractivity contribution in [1.29, 1.82) is 0 Å². The molecule has 0 saturated carbocycles. The maximum absolute atomic E-state index is 12.4. The van der Waals surface area contributed by atoms with Gasteiger partial charge in [0, 0.05) is 10.7 Å². The van der Waals surface area contributed by atoms with Crippen LogP contribution in [0.1, 0.15) is 24.1 Å². The number of hydrogen-bond donors (Lipinski definition) is 2. The zero-order valence-electron chi connectivity index (χ0n) is 16.1. The summed E-state index contributed by atoms with van der Waals surface area (Å²) in [6, 6.07) is 11.6. The summed E-state index contributed by atoms with van der Waals surface area (Å²) in [4.78, 5) is 10.8. The fourth-order valence-electron chi connectivity index (χ4n) is 3.08. The Morgan fingerprint density at radius 1 is 1.19 bits per heavy atom. The SMILES string of the molecule is C[C@H](NS(=O)(=O)c1ccc(C2=C[C@H](c3ccc(Cl)cc3)n3nnnc3N2)cc1)C(=O)[O-]. The lowest BCUT2D eigenvalue weighted by Crippen LogP contribution is -2.45. The van der Waals surface area contributed by atoms with Gasteiger partial charge in [0.1, 0.15) is 6.04 Å². The summed E-state index contributed by atoms with van der Waals surface area (Å²) < 4.78 is 28.4. The number of anilines is 1. The van der Waals surface area contributed by atoms with E-state index in [9.17, 15) is 18.3 Å². The van der Waals surface area contributed by atoms with Crippen molar-refractivity contribution in [2.24, 2.45) is 0 Å². The number of nitrogens with one attached hydrogen (secondary N) is 2. The van der Waals surface area contributed by atoms with Gasteiger partial charge in [-0.25, -0.2) is 13.1 Å². The molecule has 31 heavy (non-hydrogen) atoms. The van der Waals surface area contributed by atoms with Crippen molar-refractivity contribution in [3.63, 3.8) is 0 Å². The van der Waals surface area contributed by atoms with Crippen LogP contribution in [0, 0.1) is 0 Å². The van der Waals surface area contributed by atoms with Gasteiger partial charge in [-0.15, -0.1) is 0 Å². The third-order valence-corrected chi connectivity index (χ3v) is 6.51. The van der Waals surface area contributed by atoms with Crippen molar-refractivity contribution in [2.45, 2.75) is 23.9 Å². The normalized spacial score (nSPS) is 16.7. The lowest BCUT2D eigenvalue weighted by molar-refractivity contribution is -0.307. The van der Waals surface area contributed by atoms with Crippen LogP contribution in [0.15, 0.2) is 59.5 Å². The predicted molar refractivity (Wildman–Crippen MR) is 110 cm³/mol. The van der Waals surface area contributed by atoms with Crippen molar-refractivity contribution < 1.29 is 18.3 Å². The Hall–Kier alpha value is -3.28. The largest absolute Gasteiger partial charge is 0.548 e. The summed E-state index contributed by atoms with van der Waals surface area (Å²) in [5.41, 5.74) is 2.29. The molecule has 2 N–H and O–H groups in total. The zero-order chi connectivity index (χ0) is 22.2. The lowest BCUT2D eigenvalue weighted by atomic mass is 10.0. The second-order valence-electron chi connectivity index (χ2n) is 6.84. The first-order valence-corrected chi connectivity index (χ1v) is 11.0. The average molecular weight is 460 g/mol. The van der Waals surface area contributed by atoms with E-state index in [2.05, 4.69) is 25.6 Å². The van der Waals surface area contributed by atoms with E-state index >= 15 is 0 Å². The molecule has 2 atom stereocenters. The minimum atomic E-state index is -4.01. The Balaban J connectivity index is 1.65. The average Bonchev–Trinajstić information content (AvgIpc) is 3.22. The zero-order valence-corrected chi connectivity index (χ0v) is 17.6. The predicted octanol–water partition coefficient (Wildman–Crippen LogP) is 0.799. The van der Waals surface area contributed by atoms with Crippen molar-refractivity contribution in [3.05, 3.63) is 70.8 Å². The third kappa shape index (κ3) is 4.29. The van der Waals surface area contributed by atoms with Crippen LogP contribution in [0.5, 0.6) is 0 Å². The van der Waals surface area contributed by atoms with Crippen LogP contribution in [0.25, 0.3) is 5.70 Å². The van der Waals surface area contributed by atoms with Crippen LogP contribution in [0.4, 0.5) is 5.95 Å². The number of carboxylic acids is 1. The minimum Gasteiger partial charge on any atom is -0.548 e. The van der Waals surface area contributed by atoms with E-state index in [0.717, 1.165) is 5.56 Å². The lowest BCUT2D eigenvalue weighted by Gasteiger charge is -2.23. The van der Waals surface area contributed by atoms with Crippen molar-refractivity contribution in [2.75, 3.05) is 5.32 Å². The van der Waals surface area contributed by atoms with Crippen LogP contribution in [0.2, 0.25) is 5.02 Å². The Bertz CT molecular complexity index is 1260. The molecule has 12 heteroatoms. The molecule has 2 aromatic carbocycles. The Labute approximate surface area is 182 Å². The number of tetrazole rings is 1. The van der Waals surface area contributed by atoms with E-state index in [4.69, 9.17) is 11.6 Å². The fraction of sp³-hybridized carbons (Fsp3) is 0.158. The van der Waals surface area contributed by atoms with Gasteiger partial charge in [0.2, 0.25) is 16.0 Å². The highest BCUT2D eigenvalue weighted by atomic mass is 35.5. The van der Waals surface area contributed by atoms with Crippen LogP contribution in [-0.2, 0) is 14.8 Å². The molecule has 0 unspecified atom stereocenters. The Kier molecular flexibility index (Phi) is 5.48. The molecule has 10 nitrogen and oxygen atoms in total. The molecule has 4 rings (SSSR count). The van der Waals surface area contributed by atoms with Crippen molar-refractivity contribution in [1.82, 2.24) is 24.9 Å². The van der Waals surface area contributed by atoms with Gasteiger partial charge in [-0.2, -0.15) is 4.68 Å². The third-order valence-electron chi connectivity index (χ3n) is 4.70. The molecule has 1 aromatic heterocycles. The number of aliphatic carboxylic acids is 1. The van der Waals surface area contributed by atoms with E-state index in [0.29, 0.717) is 22.2 Å². The first-order valence-electron chi connectivity index (χ1n) is 9.10.